The predicted molar refractivity (Wildman–Crippen MR) is 57.7 cm³/mol. The summed E-state index contributed by atoms with van der Waals surface area (Å²) >= 11 is 0. The van der Waals surface area contributed by atoms with Crippen LogP contribution in [0.15, 0.2) is 0 Å². The van der Waals surface area contributed by atoms with Crippen LogP contribution >= 0.6 is 0 Å². The van der Waals surface area contributed by atoms with E-state index in [9.17, 15) is 5.11 Å². The highest BCUT2D eigenvalue weighted by atomic mass is 16.3. The molecule has 0 aliphatic heterocycles. The van der Waals surface area contributed by atoms with Crippen LogP contribution in [-0.2, 0) is 5.54 Å². The first-order valence-electron chi connectivity index (χ1n) is 5.04. The Bertz CT molecular complexity index is 332. The Kier molecular flexibility index (Phi) is 2.61. The van der Waals surface area contributed by atoms with Crippen molar-refractivity contribution in [3.05, 3.63) is 11.4 Å². The standard InChI is InChI=1S/C11H20N2O/c1-7(2)9-10(14)8(3)12-13(9)11(4,5)6/h7,14H,1-6H3. The highest BCUT2D eigenvalue weighted by Crippen LogP contribution is 2.32. The molecule has 0 spiro atoms. The van der Waals surface area contributed by atoms with Crippen molar-refractivity contribution in [2.24, 2.45) is 0 Å². The van der Waals surface area contributed by atoms with Gasteiger partial charge in [-0.1, -0.05) is 13.8 Å². The van der Waals surface area contributed by atoms with Gasteiger partial charge in [0, 0.05) is 0 Å². The molecule has 0 saturated heterocycles. The van der Waals surface area contributed by atoms with Gasteiger partial charge in [-0.25, -0.2) is 0 Å². The van der Waals surface area contributed by atoms with E-state index < -0.39 is 0 Å². The molecule has 1 rings (SSSR count). The quantitative estimate of drug-likeness (QED) is 0.750. The third-order valence-electron chi connectivity index (χ3n) is 2.25. The Labute approximate surface area is 85.8 Å². The van der Waals surface area contributed by atoms with E-state index in [1.165, 1.54) is 0 Å². The van der Waals surface area contributed by atoms with Crippen molar-refractivity contribution < 1.29 is 5.11 Å². The van der Waals surface area contributed by atoms with E-state index in [1.807, 2.05) is 11.6 Å². The zero-order chi connectivity index (χ0) is 11.1. The third-order valence-corrected chi connectivity index (χ3v) is 2.25. The van der Waals surface area contributed by atoms with Crippen molar-refractivity contribution in [2.75, 3.05) is 0 Å². The molecule has 0 aliphatic carbocycles. The molecule has 0 saturated carbocycles. The summed E-state index contributed by atoms with van der Waals surface area (Å²) in [4.78, 5) is 0. The number of rotatable bonds is 1. The van der Waals surface area contributed by atoms with Crippen LogP contribution < -0.4 is 0 Å². The fourth-order valence-corrected chi connectivity index (χ4v) is 1.57. The summed E-state index contributed by atoms with van der Waals surface area (Å²) in [7, 11) is 0. The summed E-state index contributed by atoms with van der Waals surface area (Å²) in [6.07, 6.45) is 0. The van der Waals surface area contributed by atoms with Crippen molar-refractivity contribution in [3.8, 4) is 5.75 Å². The van der Waals surface area contributed by atoms with Gasteiger partial charge in [0.1, 0.15) is 5.69 Å². The Morgan fingerprint density at radius 3 is 2.07 bits per heavy atom. The lowest BCUT2D eigenvalue weighted by Gasteiger charge is -2.23. The van der Waals surface area contributed by atoms with E-state index >= 15 is 0 Å². The Morgan fingerprint density at radius 1 is 1.29 bits per heavy atom. The number of aromatic nitrogens is 2. The molecular formula is C11H20N2O. The minimum absolute atomic E-state index is 0.0780. The van der Waals surface area contributed by atoms with Gasteiger partial charge < -0.3 is 5.11 Å². The average Bonchev–Trinajstić information content (AvgIpc) is 2.27. The van der Waals surface area contributed by atoms with E-state index in [2.05, 4.69) is 39.7 Å². The van der Waals surface area contributed by atoms with E-state index in [1.54, 1.807) is 0 Å². The van der Waals surface area contributed by atoms with Crippen LogP contribution in [0.5, 0.6) is 5.75 Å². The second-order valence-corrected chi connectivity index (χ2v) is 5.06. The average molecular weight is 196 g/mol. The molecule has 3 heteroatoms. The lowest BCUT2D eigenvalue weighted by Crippen LogP contribution is -2.25. The number of hydrogen-bond donors (Lipinski definition) is 1. The lowest BCUT2D eigenvalue weighted by atomic mass is 10.0. The van der Waals surface area contributed by atoms with Gasteiger partial charge in [-0.15, -0.1) is 0 Å². The van der Waals surface area contributed by atoms with E-state index in [4.69, 9.17) is 0 Å². The summed E-state index contributed by atoms with van der Waals surface area (Å²) < 4.78 is 1.92. The molecule has 0 atom stereocenters. The Hall–Kier alpha value is -0.990. The molecule has 0 fully saturated rings. The maximum atomic E-state index is 9.87. The van der Waals surface area contributed by atoms with Gasteiger partial charge in [0.05, 0.1) is 11.2 Å². The molecule has 0 radical (unpaired) electrons. The molecule has 1 aromatic rings. The Balaban J connectivity index is 3.37. The number of hydrogen-bond acceptors (Lipinski definition) is 2. The SMILES string of the molecule is Cc1nn(C(C)(C)C)c(C(C)C)c1O. The number of aryl methyl sites for hydroxylation is 1. The molecule has 0 aromatic carbocycles. The highest BCUT2D eigenvalue weighted by Gasteiger charge is 2.24. The molecular weight excluding hydrogens is 176 g/mol. The summed E-state index contributed by atoms with van der Waals surface area (Å²) in [6.45, 7) is 12.2. The lowest BCUT2D eigenvalue weighted by molar-refractivity contribution is 0.333. The van der Waals surface area contributed by atoms with Gasteiger partial charge in [0.25, 0.3) is 0 Å². The van der Waals surface area contributed by atoms with E-state index in [0.717, 1.165) is 5.69 Å². The fraction of sp³-hybridized carbons (Fsp3) is 0.727. The minimum Gasteiger partial charge on any atom is -0.504 e. The topological polar surface area (TPSA) is 38.0 Å². The van der Waals surface area contributed by atoms with Gasteiger partial charge >= 0.3 is 0 Å². The van der Waals surface area contributed by atoms with Crippen molar-refractivity contribution in [1.29, 1.82) is 0 Å². The van der Waals surface area contributed by atoms with Gasteiger partial charge in [-0.2, -0.15) is 5.10 Å². The smallest absolute Gasteiger partial charge is 0.160 e. The Morgan fingerprint density at radius 2 is 1.79 bits per heavy atom. The van der Waals surface area contributed by atoms with E-state index in [0.29, 0.717) is 11.4 Å². The minimum atomic E-state index is -0.0780. The largest absolute Gasteiger partial charge is 0.504 e. The maximum absolute atomic E-state index is 9.87. The maximum Gasteiger partial charge on any atom is 0.160 e. The molecule has 80 valence electrons. The van der Waals surface area contributed by atoms with Crippen molar-refractivity contribution >= 4 is 0 Å². The summed E-state index contributed by atoms with van der Waals surface area (Å²) in [5, 5.41) is 14.2. The van der Waals surface area contributed by atoms with Crippen LogP contribution in [0.4, 0.5) is 0 Å². The van der Waals surface area contributed by atoms with Crippen LogP contribution in [0, 0.1) is 6.92 Å². The second kappa shape index (κ2) is 3.30. The second-order valence-electron chi connectivity index (χ2n) is 5.06. The van der Waals surface area contributed by atoms with Crippen molar-refractivity contribution in [1.82, 2.24) is 9.78 Å². The van der Waals surface area contributed by atoms with Crippen molar-refractivity contribution in [2.45, 2.75) is 53.0 Å². The zero-order valence-electron chi connectivity index (χ0n) is 9.92. The van der Waals surface area contributed by atoms with Gasteiger partial charge in [0.2, 0.25) is 0 Å². The molecule has 0 aliphatic rings. The van der Waals surface area contributed by atoms with Gasteiger partial charge in [-0.05, 0) is 33.6 Å². The number of aromatic hydroxyl groups is 1. The molecule has 0 bridgehead atoms. The molecule has 1 heterocycles. The predicted octanol–water partition coefficient (Wildman–Crippen LogP) is 2.78. The first-order chi connectivity index (χ1) is 6.25. The summed E-state index contributed by atoms with van der Waals surface area (Å²) in [6, 6.07) is 0. The third kappa shape index (κ3) is 1.76. The van der Waals surface area contributed by atoms with Gasteiger partial charge in [0.15, 0.2) is 5.75 Å². The van der Waals surface area contributed by atoms with Crippen LogP contribution in [0.2, 0.25) is 0 Å². The fourth-order valence-electron chi connectivity index (χ4n) is 1.57. The first kappa shape index (κ1) is 11.1. The molecule has 1 aromatic heterocycles. The highest BCUT2D eigenvalue weighted by molar-refractivity contribution is 5.34. The van der Waals surface area contributed by atoms with E-state index in [-0.39, 0.29) is 11.5 Å². The van der Waals surface area contributed by atoms with Crippen LogP contribution in [-0.4, -0.2) is 14.9 Å². The summed E-state index contributed by atoms with van der Waals surface area (Å²) in [5.74, 6) is 0.630. The van der Waals surface area contributed by atoms with Gasteiger partial charge in [-0.3, -0.25) is 4.68 Å². The van der Waals surface area contributed by atoms with Crippen LogP contribution in [0.25, 0.3) is 0 Å². The zero-order valence-corrected chi connectivity index (χ0v) is 9.92. The van der Waals surface area contributed by atoms with Crippen LogP contribution in [0.1, 0.15) is 51.9 Å². The summed E-state index contributed by atoms with van der Waals surface area (Å²) in [5.41, 5.74) is 1.56. The van der Waals surface area contributed by atoms with Crippen molar-refractivity contribution in [3.63, 3.8) is 0 Å². The molecule has 0 unspecified atom stereocenters. The molecule has 3 nitrogen and oxygen atoms in total. The number of nitrogens with zero attached hydrogens (tertiary/aromatic N) is 2. The molecule has 0 amide bonds. The molecule has 1 N–H and O–H groups in total. The molecule has 14 heavy (non-hydrogen) atoms. The van der Waals surface area contributed by atoms with Crippen LogP contribution in [0.3, 0.4) is 0 Å². The normalized spacial score (nSPS) is 12.5. The monoisotopic (exact) mass is 196 g/mol. The first-order valence-corrected chi connectivity index (χ1v) is 5.04.